The van der Waals surface area contributed by atoms with Crippen LogP contribution in [-0.2, 0) is 11.3 Å². The third kappa shape index (κ3) is 3.68. The van der Waals surface area contributed by atoms with Crippen LogP contribution in [0.5, 0.6) is 0 Å². The van der Waals surface area contributed by atoms with Gasteiger partial charge in [0.25, 0.3) is 0 Å². The van der Waals surface area contributed by atoms with E-state index in [0.717, 1.165) is 22.4 Å². The van der Waals surface area contributed by atoms with Gasteiger partial charge in [-0.2, -0.15) is 0 Å². The topological polar surface area (TPSA) is 68.0 Å². The first-order valence-corrected chi connectivity index (χ1v) is 7.87. The standard InChI is InChI=1S/C19H19N3O2/c1-13(2)19(23)21-11-14-5-7-15(8-6-14)17-10-18(24-22-17)16-4-3-9-20-12-16/h3-10,12-13H,11H2,1-2H3,(H,21,23). The minimum Gasteiger partial charge on any atom is -0.356 e. The van der Waals surface area contributed by atoms with Crippen LogP contribution in [0.3, 0.4) is 0 Å². The van der Waals surface area contributed by atoms with E-state index in [1.54, 1.807) is 12.4 Å². The molecule has 0 aliphatic heterocycles. The predicted octanol–water partition coefficient (Wildman–Crippen LogP) is 3.68. The summed E-state index contributed by atoms with van der Waals surface area (Å²) >= 11 is 0. The van der Waals surface area contributed by atoms with Crippen LogP contribution in [0.15, 0.2) is 59.4 Å². The van der Waals surface area contributed by atoms with Crippen molar-refractivity contribution in [3.63, 3.8) is 0 Å². The van der Waals surface area contributed by atoms with Gasteiger partial charge in [0.05, 0.1) is 0 Å². The van der Waals surface area contributed by atoms with Crippen LogP contribution in [0.4, 0.5) is 0 Å². The highest BCUT2D eigenvalue weighted by Gasteiger charge is 2.09. The van der Waals surface area contributed by atoms with E-state index in [1.165, 1.54) is 0 Å². The molecule has 0 atom stereocenters. The molecule has 0 radical (unpaired) electrons. The van der Waals surface area contributed by atoms with Gasteiger partial charge in [-0.1, -0.05) is 43.3 Å². The van der Waals surface area contributed by atoms with Crippen LogP contribution < -0.4 is 5.32 Å². The fraction of sp³-hybridized carbons (Fsp3) is 0.211. The predicted molar refractivity (Wildman–Crippen MR) is 91.9 cm³/mol. The van der Waals surface area contributed by atoms with Crippen LogP contribution in [0, 0.1) is 5.92 Å². The van der Waals surface area contributed by atoms with Crippen LogP contribution in [0.1, 0.15) is 19.4 Å². The third-order valence-corrected chi connectivity index (χ3v) is 3.70. The number of hydrogen-bond acceptors (Lipinski definition) is 4. The van der Waals surface area contributed by atoms with Crippen LogP contribution in [0.25, 0.3) is 22.6 Å². The molecule has 3 aromatic rings. The van der Waals surface area contributed by atoms with E-state index in [2.05, 4.69) is 15.5 Å². The Kier molecular flexibility index (Phi) is 4.70. The molecule has 0 aliphatic rings. The number of carbonyl (C=O) groups excluding carboxylic acids is 1. The SMILES string of the molecule is CC(C)C(=O)NCc1ccc(-c2cc(-c3cccnc3)on2)cc1. The Morgan fingerprint density at radius 3 is 2.62 bits per heavy atom. The Morgan fingerprint density at radius 2 is 1.96 bits per heavy atom. The molecule has 2 aromatic heterocycles. The molecule has 3 rings (SSSR count). The number of hydrogen-bond donors (Lipinski definition) is 1. The zero-order chi connectivity index (χ0) is 16.9. The molecular weight excluding hydrogens is 302 g/mol. The number of pyridine rings is 1. The van der Waals surface area contributed by atoms with Gasteiger partial charge in [-0.3, -0.25) is 9.78 Å². The highest BCUT2D eigenvalue weighted by atomic mass is 16.5. The first-order valence-electron chi connectivity index (χ1n) is 7.87. The lowest BCUT2D eigenvalue weighted by Gasteiger charge is -2.07. The van der Waals surface area contributed by atoms with Crippen molar-refractivity contribution in [1.29, 1.82) is 0 Å². The van der Waals surface area contributed by atoms with Crippen molar-refractivity contribution in [2.75, 3.05) is 0 Å². The second kappa shape index (κ2) is 7.08. The maximum Gasteiger partial charge on any atom is 0.222 e. The van der Waals surface area contributed by atoms with Crippen molar-refractivity contribution in [1.82, 2.24) is 15.5 Å². The minimum atomic E-state index is -0.00898. The first kappa shape index (κ1) is 15.9. The summed E-state index contributed by atoms with van der Waals surface area (Å²) < 4.78 is 5.39. The summed E-state index contributed by atoms with van der Waals surface area (Å²) in [6.45, 7) is 4.28. The largest absolute Gasteiger partial charge is 0.356 e. The van der Waals surface area contributed by atoms with Crippen molar-refractivity contribution in [2.45, 2.75) is 20.4 Å². The first-order chi connectivity index (χ1) is 11.6. The molecule has 0 spiro atoms. The molecular formula is C19H19N3O2. The van der Waals surface area contributed by atoms with Gasteiger partial charge in [0.15, 0.2) is 5.76 Å². The smallest absolute Gasteiger partial charge is 0.222 e. The number of nitrogens with one attached hydrogen (secondary N) is 1. The van der Waals surface area contributed by atoms with Crippen molar-refractivity contribution < 1.29 is 9.32 Å². The van der Waals surface area contributed by atoms with Crippen molar-refractivity contribution in [3.8, 4) is 22.6 Å². The monoisotopic (exact) mass is 321 g/mol. The van der Waals surface area contributed by atoms with E-state index in [1.807, 2.05) is 56.3 Å². The molecule has 0 bridgehead atoms. The third-order valence-electron chi connectivity index (χ3n) is 3.70. The minimum absolute atomic E-state index is 0.00898. The Morgan fingerprint density at radius 1 is 1.17 bits per heavy atom. The van der Waals surface area contributed by atoms with Gasteiger partial charge in [0, 0.05) is 42.0 Å². The summed E-state index contributed by atoms with van der Waals surface area (Å²) in [4.78, 5) is 15.7. The molecule has 0 aliphatic carbocycles. The van der Waals surface area contributed by atoms with Gasteiger partial charge < -0.3 is 9.84 Å². The fourth-order valence-corrected chi connectivity index (χ4v) is 2.24. The Labute approximate surface area is 140 Å². The second-order valence-corrected chi connectivity index (χ2v) is 5.89. The Bertz CT molecular complexity index is 808. The second-order valence-electron chi connectivity index (χ2n) is 5.89. The number of nitrogens with zero attached hydrogens (tertiary/aromatic N) is 2. The average Bonchev–Trinajstić information content (AvgIpc) is 3.11. The van der Waals surface area contributed by atoms with E-state index in [4.69, 9.17) is 4.52 Å². The molecule has 0 saturated carbocycles. The lowest BCUT2D eigenvalue weighted by molar-refractivity contribution is -0.124. The zero-order valence-corrected chi connectivity index (χ0v) is 13.7. The van der Waals surface area contributed by atoms with Crippen molar-refractivity contribution >= 4 is 5.91 Å². The van der Waals surface area contributed by atoms with E-state index in [0.29, 0.717) is 12.3 Å². The van der Waals surface area contributed by atoms with Gasteiger partial charge in [-0.25, -0.2) is 0 Å². The van der Waals surface area contributed by atoms with Crippen molar-refractivity contribution in [2.24, 2.45) is 5.92 Å². The Balaban J connectivity index is 1.70. The van der Waals surface area contributed by atoms with Gasteiger partial charge in [-0.05, 0) is 17.7 Å². The number of amides is 1. The Hall–Kier alpha value is -2.95. The van der Waals surface area contributed by atoms with Gasteiger partial charge >= 0.3 is 0 Å². The lowest BCUT2D eigenvalue weighted by Crippen LogP contribution is -2.27. The summed E-state index contributed by atoms with van der Waals surface area (Å²) in [6.07, 6.45) is 3.46. The van der Waals surface area contributed by atoms with E-state index >= 15 is 0 Å². The molecule has 1 aromatic carbocycles. The normalized spacial score (nSPS) is 10.8. The summed E-state index contributed by atoms with van der Waals surface area (Å²) in [5.74, 6) is 0.730. The van der Waals surface area contributed by atoms with E-state index in [9.17, 15) is 4.79 Å². The number of aromatic nitrogens is 2. The van der Waals surface area contributed by atoms with Crippen molar-refractivity contribution in [3.05, 3.63) is 60.4 Å². The molecule has 1 N–H and O–H groups in total. The van der Waals surface area contributed by atoms with Gasteiger partial charge in [-0.15, -0.1) is 0 Å². The molecule has 122 valence electrons. The molecule has 5 nitrogen and oxygen atoms in total. The molecule has 2 heterocycles. The fourth-order valence-electron chi connectivity index (χ4n) is 2.24. The van der Waals surface area contributed by atoms with Crippen LogP contribution in [0.2, 0.25) is 0 Å². The number of rotatable bonds is 5. The number of benzene rings is 1. The van der Waals surface area contributed by atoms with E-state index < -0.39 is 0 Å². The summed E-state index contributed by atoms with van der Waals surface area (Å²) in [7, 11) is 0. The molecule has 0 fully saturated rings. The molecule has 24 heavy (non-hydrogen) atoms. The van der Waals surface area contributed by atoms with Gasteiger partial charge in [0.2, 0.25) is 5.91 Å². The quantitative estimate of drug-likeness (QED) is 0.778. The maximum absolute atomic E-state index is 11.6. The average molecular weight is 321 g/mol. The van der Waals surface area contributed by atoms with Crippen LogP contribution in [-0.4, -0.2) is 16.0 Å². The van der Waals surface area contributed by atoms with Crippen LogP contribution >= 0.6 is 0 Å². The lowest BCUT2D eigenvalue weighted by atomic mass is 10.1. The van der Waals surface area contributed by atoms with E-state index in [-0.39, 0.29) is 11.8 Å². The zero-order valence-electron chi connectivity index (χ0n) is 13.7. The highest BCUT2D eigenvalue weighted by Crippen LogP contribution is 2.25. The molecule has 0 unspecified atom stereocenters. The summed E-state index contributed by atoms with van der Waals surface area (Å²) in [5, 5.41) is 7.02. The highest BCUT2D eigenvalue weighted by molar-refractivity contribution is 5.77. The molecule has 5 heteroatoms. The summed E-state index contributed by atoms with van der Waals surface area (Å²) in [5.41, 5.74) is 3.67. The number of carbonyl (C=O) groups is 1. The molecule has 1 amide bonds. The maximum atomic E-state index is 11.6. The van der Waals surface area contributed by atoms with Gasteiger partial charge in [0.1, 0.15) is 5.69 Å². The summed E-state index contributed by atoms with van der Waals surface area (Å²) in [6, 6.07) is 13.6. The molecule has 0 saturated heterocycles.